The van der Waals surface area contributed by atoms with E-state index >= 15 is 0 Å². The van der Waals surface area contributed by atoms with Crippen molar-refractivity contribution in [1.29, 1.82) is 0 Å². The molecule has 5 nitrogen and oxygen atoms in total. The van der Waals surface area contributed by atoms with Gasteiger partial charge >= 0.3 is 0 Å². The molecule has 1 aliphatic rings. The number of carbonyl (C=O) groups excluding carboxylic acids is 1. The van der Waals surface area contributed by atoms with E-state index in [1.165, 1.54) is 11.8 Å². The highest BCUT2D eigenvalue weighted by atomic mass is 32.2. The molecular weight excluding hydrogens is 284 g/mol. The lowest BCUT2D eigenvalue weighted by Gasteiger charge is -2.22. The molecule has 0 N–H and O–H groups in total. The van der Waals surface area contributed by atoms with E-state index in [-0.39, 0.29) is 11.2 Å². The Hall–Kier alpha value is -1.82. The highest BCUT2D eigenvalue weighted by Crippen LogP contribution is 2.36. The maximum absolute atomic E-state index is 12.8. The monoisotopic (exact) mass is 302 g/mol. The van der Waals surface area contributed by atoms with Crippen molar-refractivity contribution >= 4 is 17.7 Å². The largest absolute Gasteiger partial charge is 0.341 e. The van der Waals surface area contributed by atoms with Gasteiger partial charge in [0.1, 0.15) is 11.6 Å². The van der Waals surface area contributed by atoms with E-state index < -0.39 is 0 Å². The molecule has 1 aromatic heterocycles. The Labute approximate surface area is 128 Å². The molecule has 1 aromatic carbocycles. The number of amides is 1. The van der Waals surface area contributed by atoms with Crippen LogP contribution in [0.25, 0.3) is 0 Å². The first kappa shape index (κ1) is 14.1. The molecule has 0 saturated carbocycles. The van der Waals surface area contributed by atoms with Gasteiger partial charge in [0, 0.05) is 20.1 Å². The van der Waals surface area contributed by atoms with Gasteiger partial charge in [0.15, 0.2) is 5.16 Å². The quantitative estimate of drug-likeness (QED) is 0.813. The molecule has 1 fully saturated rings. The van der Waals surface area contributed by atoms with Crippen LogP contribution < -0.4 is 0 Å². The minimum absolute atomic E-state index is 0.173. The summed E-state index contributed by atoms with van der Waals surface area (Å²) in [5.74, 6) is 0.173. The molecule has 2 aromatic rings. The predicted octanol–water partition coefficient (Wildman–Crippen LogP) is 2.27. The van der Waals surface area contributed by atoms with Gasteiger partial charge in [-0.05, 0) is 18.4 Å². The maximum atomic E-state index is 12.8. The van der Waals surface area contributed by atoms with Crippen molar-refractivity contribution in [3.8, 4) is 0 Å². The SMILES string of the molecule is Cn1cnnc1S[C@H](C(=O)N1CCCC1)c1ccccc1. The molecule has 21 heavy (non-hydrogen) atoms. The van der Waals surface area contributed by atoms with Gasteiger partial charge in [-0.15, -0.1) is 10.2 Å². The molecule has 0 aliphatic carbocycles. The van der Waals surface area contributed by atoms with E-state index in [0.29, 0.717) is 0 Å². The number of thioether (sulfide) groups is 1. The summed E-state index contributed by atoms with van der Waals surface area (Å²) >= 11 is 1.47. The van der Waals surface area contributed by atoms with E-state index in [9.17, 15) is 4.79 Å². The summed E-state index contributed by atoms with van der Waals surface area (Å²) < 4.78 is 1.85. The Morgan fingerprint density at radius 2 is 1.95 bits per heavy atom. The first-order valence-electron chi connectivity index (χ1n) is 7.10. The molecule has 0 bridgehead atoms. The van der Waals surface area contributed by atoms with E-state index in [2.05, 4.69) is 10.2 Å². The summed E-state index contributed by atoms with van der Waals surface area (Å²) in [4.78, 5) is 14.8. The molecule has 3 rings (SSSR count). The van der Waals surface area contributed by atoms with Crippen molar-refractivity contribution in [3.63, 3.8) is 0 Å². The highest BCUT2D eigenvalue weighted by Gasteiger charge is 2.29. The van der Waals surface area contributed by atoms with Gasteiger partial charge in [-0.1, -0.05) is 42.1 Å². The molecule has 110 valence electrons. The summed E-state index contributed by atoms with van der Waals surface area (Å²) in [6.45, 7) is 1.73. The van der Waals surface area contributed by atoms with Crippen LogP contribution in [-0.2, 0) is 11.8 Å². The lowest BCUT2D eigenvalue weighted by molar-refractivity contribution is -0.129. The standard InChI is InChI=1S/C15H18N4OS/c1-18-11-16-17-15(18)21-13(12-7-3-2-4-8-12)14(20)19-9-5-6-10-19/h2-4,7-8,11,13H,5-6,9-10H2,1H3/t13-/m0/s1. The number of benzene rings is 1. The van der Waals surface area contributed by atoms with E-state index in [0.717, 1.165) is 36.7 Å². The van der Waals surface area contributed by atoms with Gasteiger partial charge < -0.3 is 9.47 Å². The first-order chi connectivity index (χ1) is 10.3. The van der Waals surface area contributed by atoms with E-state index in [1.807, 2.05) is 46.8 Å². The number of nitrogens with zero attached hydrogens (tertiary/aromatic N) is 4. The predicted molar refractivity (Wildman–Crippen MR) is 81.9 cm³/mol. The normalized spacial score (nSPS) is 16.1. The lowest BCUT2D eigenvalue weighted by Crippen LogP contribution is -2.31. The molecule has 1 aliphatic heterocycles. The molecule has 0 radical (unpaired) electrons. The first-order valence-corrected chi connectivity index (χ1v) is 7.98. The third-order valence-corrected chi connectivity index (χ3v) is 4.93. The number of hydrogen-bond acceptors (Lipinski definition) is 4. The summed E-state index contributed by atoms with van der Waals surface area (Å²) in [5, 5.41) is 8.49. The zero-order chi connectivity index (χ0) is 14.7. The molecule has 1 atom stereocenters. The van der Waals surface area contributed by atoms with Crippen LogP contribution in [0.3, 0.4) is 0 Å². The van der Waals surface area contributed by atoms with Gasteiger partial charge in [0.25, 0.3) is 0 Å². The molecule has 0 spiro atoms. The third-order valence-electron chi connectivity index (χ3n) is 3.64. The number of carbonyl (C=O) groups is 1. The third kappa shape index (κ3) is 3.10. The molecular formula is C15H18N4OS. The van der Waals surface area contributed by atoms with Crippen molar-refractivity contribution in [2.45, 2.75) is 23.2 Å². The Morgan fingerprint density at radius 1 is 1.24 bits per heavy atom. The van der Waals surface area contributed by atoms with Crippen molar-refractivity contribution < 1.29 is 4.79 Å². The summed E-state index contributed by atoms with van der Waals surface area (Å²) in [5.41, 5.74) is 1.02. The molecule has 0 unspecified atom stereocenters. The summed E-state index contributed by atoms with van der Waals surface area (Å²) in [7, 11) is 1.89. The van der Waals surface area contributed by atoms with E-state index in [4.69, 9.17) is 0 Å². The van der Waals surface area contributed by atoms with Crippen LogP contribution in [0.5, 0.6) is 0 Å². The van der Waals surface area contributed by atoms with E-state index in [1.54, 1.807) is 6.33 Å². The molecule has 1 saturated heterocycles. The zero-order valence-electron chi connectivity index (χ0n) is 12.0. The highest BCUT2D eigenvalue weighted by molar-refractivity contribution is 8.00. The Bertz CT molecular complexity index is 607. The number of likely N-dealkylation sites (tertiary alicyclic amines) is 1. The fourth-order valence-corrected chi connectivity index (χ4v) is 3.54. The number of hydrogen-bond donors (Lipinski definition) is 0. The zero-order valence-corrected chi connectivity index (χ0v) is 12.8. The van der Waals surface area contributed by atoms with Gasteiger partial charge in [0.05, 0.1) is 0 Å². The topological polar surface area (TPSA) is 51.0 Å². The van der Waals surface area contributed by atoms with Crippen molar-refractivity contribution in [2.24, 2.45) is 7.05 Å². The summed E-state index contributed by atoms with van der Waals surface area (Å²) in [6.07, 6.45) is 3.86. The van der Waals surface area contributed by atoms with Crippen LogP contribution in [-0.4, -0.2) is 38.7 Å². The fourth-order valence-electron chi connectivity index (χ4n) is 2.48. The minimum atomic E-state index is -0.257. The summed E-state index contributed by atoms with van der Waals surface area (Å²) in [6, 6.07) is 9.91. The van der Waals surface area contributed by atoms with Crippen LogP contribution in [0.2, 0.25) is 0 Å². The van der Waals surface area contributed by atoms with Crippen LogP contribution in [0.4, 0.5) is 0 Å². The van der Waals surface area contributed by atoms with Crippen LogP contribution in [0, 0.1) is 0 Å². The van der Waals surface area contributed by atoms with Crippen LogP contribution in [0.1, 0.15) is 23.7 Å². The second-order valence-electron chi connectivity index (χ2n) is 5.17. The lowest BCUT2D eigenvalue weighted by atomic mass is 10.1. The Kier molecular flexibility index (Phi) is 4.24. The van der Waals surface area contributed by atoms with Crippen molar-refractivity contribution in [2.75, 3.05) is 13.1 Å². The molecule has 6 heteroatoms. The van der Waals surface area contributed by atoms with Gasteiger partial charge in [0.2, 0.25) is 5.91 Å². The average molecular weight is 302 g/mol. The van der Waals surface area contributed by atoms with Gasteiger partial charge in [-0.2, -0.15) is 0 Å². The smallest absolute Gasteiger partial charge is 0.240 e. The average Bonchev–Trinajstić information content (AvgIpc) is 3.17. The van der Waals surface area contributed by atoms with Crippen LogP contribution >= 0.6 is 11.8 Å². The van der Waals surface area contributed by atoms with Gasteiger partial charge in [-0.25, -0.2) is 0 Å². The van der Waals surface area contributed by atoms with Crippen LogP contribution in [0.15, 0.2) is 41.8 Å². The van der Waals surface area contributed by atoms with Crippen molar-refractivity contribution in [1.82, 2.24) is 19.7 Å². The molecule has 2 heterocycles. The Morgan fingerprint density at radius 3 is 2.57 bits per heavy atom. The molecule has 1 amide bonds. The maximum Gasteiger partial charge on any atom is 0.240 e. The number of rotatable bonds is 4. The van der Waals surface area contributed by atoms with Crippen molar-refractivity contribution in [3.05, 3.63) is 42.2 Å². The fraction of sp³-hybridized carbons (Fsp3) is 0.400. The second-order valence-corrected chi connectivity index (χ2v) is 6.24. The minimum Gasteiger partial charge on any atom is -0.341 e. The Balaban J connectivity index is 1.87. The van der Waals surface area contributed by atoms with Gasteiger partial charge in [-0.3, -0.25) is 4.79 Å². The second kappa shape index (κ2) is 6.30. The number of aromatic nitrogens is 3. The number of aryl methyl sites for hydroxylation is 1.